The molecule has 1 aromatic carbocycles. The molecule has 0 unspecified atom stereocenters. The van der Waals surface area contributed by atoms with E-state index in [1.54, 1.807) is 6.07 Å². The molecule has 2 rings (SSSR count). The molecule has 0 fully saturated rings. The highest BCUT2D eigenvalue weighted by Crippen LogP contribution is 2.27. The first-order chi connectivity index (χ1) is 7.33. The van der Waals surface area contributed by atoms with Crippen LogP contribution < -0.4 is 4.90 Å². The summed E-state index contributed by atoms with van der Waals surface area (Å²) in [6, 6.07) is 7.75. The molecule has 0 radical (unpaired) electrons. The van der Waals surface area contributed by atoms with E-state index in [-0.39, 0.29) is 0 Å². The third-order valence-corrected chi connectivity index (χ3v) is 2.82. The Kier molecular flexibility index (Phi) is 2.94. The second-order valence-corrected chi connectivity index (χ2v) is 3.86. The van der Waals surface area contributed by atoms with Crippen molar-refractivity contribution in [3.05, 3.63) is 40.9 Å². The summed E-state index contributed by atoms with van der Waals surface area (Å²) in [5.41, 5.74) is 1.52. The lowest BCUT2D eigenvalue weighted by Crippen LogP contribution is -2.27. The Labute approximate surface area is 94.4 Å². The molecule has 1 heterocycles. The van der Waals surface area contributed by atoms with Crippen LogP contribution in [0, 0.1) is 11.3 Å². The minimum Gasteiger partial charge on any atom is -0.366 e. The average molecular weight is 219 g/mol. The van der Waals surface area contributed by atoms with E-state index in [1.807, 2.05) is 12.1 Å². The lowest BCUT2D eigenvalue weighted by molar-refractivity contribution is 0.820. The molecule has 1 aliphatic rings. The molecule has 0 spiro atoms. The molecule has 0 atom stereocenters. The summed E-state index contributed by atoms with van der Waals surface area (Å²) < 4.78 is 0. The molecule has 0 aliphatic carbocycles. The quantitative estimate of drug-likeness (QED) is 0.678. The Balaban J connectivity index is 2.39. The Morgan fingerprint density at radius 3 is 2.87 bits per heavy atom. The van der Waals surface area contributed by atoms with Crippen LogP contribution in [0.2, 0.25) is 5.02 Å². The minimum atomic E-state index is 0.532. The Morgan fingerprint density at radius 1 is 1.33 bits per heavy atom. The molecular formula is C12H11ClN2. The normalized spacial score (nSPS) is 15.1. The van der Waals surface area contributed by atoms with Crippen molar-refractivity contribution in [1.29, 1.82) is 5.26 Å². The van der Waals surface area contributed by atoms with Gasteiger partial charge in [-0.05, 0) is 18.6 Å². The predicted octanol–water partition coefficient (Wildman–Crippen LogP) is 2.98. The predicted molar refractivity (Wildman–Crippen MR) is 62.1 cm³/mol. The molecule has 1 aromatic rings. The topological polar surface area (TPSA) is 27.0 Å². The molecule has 0 bridgehead atoms. The highest BCUT2D eigenvalue weighted by molar-refractivity contribution is 6.32. The van der Waals surface area contributed by atoms with Crippen molar-refractivity contribution < 1.29 is 0 Å². The van der Waals surface area contributed by atoms with E-state index >= 15 is 0 Å². The molecule has 0 saturated heterocycles. The number of halogens is 1. The van der Waals surface area contributed by atoms with E-state index in [1.165, 1.54) is 0 Å². The van der Waals surface area contributed by atoms with E-state index in [9.17, 15) is 0 Å². The first kappa shape index (κ1) is 10.1. The molecule has 1 aliphatic heterocycles. The first-order valence-corrected chi connectivity index (χ1v) is 5.29. The Morgan fingerprint density at radius 2 is 2.20 bits per heavy atom. The zero-order valence-corrected chi connectivity index (χ0v) is 9.04. The second kappa shape index (κ2) is 4.37. The van der Waals surface area contributed by atoms with Gasteiger partial charge in [-0.2, -0.15) is 5.26 Å². The van der Waals surface area contributed by atoms with Gasteiger partial charge in [0, 0.05) is 13.1 Å². The van der Waals surface area contributed by atoms with E-state index in [4.69, 9.17) is 16.9 Å². The monoisotopic (exact) mass is 218 g/mol. The van der Waals surface area contributed by atoms with Gasteiger partial charge in [-0.25, -0.2) is 0 Å². The Bertz CT molecular complexity index is 432. The number of rotatable bonds is 1. The molecule has 76 valence electrons. The summed E-state index contributed by atoms with van der Waals surface area (Å²) in [6.07, 6.45) is 5.30. The number of hydrogen-bond acceptors (Lipinski definition) is 2. The van der Waals surface area contributed by atoms with Gasteiger partial charge in [-0.1, -0.05) is 29.8 Å². The lowest BCUT2D eigenvalue weighted by Gasteiger charge is -2.26. The standard InChI is InChI=1S/C12H11ClN2/c13-11-5-4-6-12(10(11)9-14)15-7-2-1-3-8-15/h1-2,4-6H,3,7-8H2. The number of nitrogens with zero attached hydrogens (tertiary/aromatic N) is 2. The van der Waals surface area contributed by atoms with Crippen LogP contribution in [0.4, 0.5) is 5.69 Å². The summed E-state index contributed by atoms with van der Waals surface area (Å²) in [5.74, 6) is 0. The fourth-order valence-corrected chi connectivity index (χ4v) is 1.96. The summed E-state index contributed by atoms with van der Waals surface area (Å²) in [5, 5.41) is 9.58. The van der Waals surface area contributed by atoms with Crippen molar-refractivity contribution in [2.24, 2.45) is 0 Å². The molecule has 0 N–H and O–H groups in total. The zero-order valence-electron chi connectivity index (χ0n) is 8.28. The third kappa shape index (κ3) is 1.98. The van der Waals surface area contributed by atoms with Gasteiger partial charge in [0.15, 0.2) is 0 Å². The number of benzene rings is 1. The van der Waals surface area contributed by atoms with E-state index in [0.717, 1.165) is 25.2 Å². The summed E-state index contributed by atoms with van der Waals surface area (Å²) in [4.78, 5) is 2.17. The van der Waals surface area contributed by atoms with Crippen molar-refractivity contribution in [3.8, 4) is 6.07 Å². The van der Waals surface area contributed by atoms with Gasteiger partial charge in [0.05, 0.1) is 16.3 Å². The fraction of sp³-hybridized carbons (Fsp3) is 0.250. The second-order valence-electron chi connectivity index (χ2n) is 3.45. The van der Waals surface area contributed by atoms with Gasteiger partial charge < -0.3 is 4.90 Å². The fourth-order valence-electron chi connectivity index (χ4n) is 1.75. The maximum Gasteiger partial charge on any atom is 0.103 e. The van der Waals surface area contributed by atoms with E-state index < -0.39 is 0 Å². The van der Waals surface area contributed by atoms with Crippen LogP contribution in [0.15, 0.2) is 30.4 Å². The first-order valence-electron chi connectivity index (χ1n) is 4.91. The molecule has 15 heavy (non-hydrogen) atoms. The van der Waals surface area contributed by atoms with Crippen molar-refractivity contribution in [1.82, 2.24) is 0 Å². The maximum atomic E-state index is 9.05. The van der Waals surface area contributed by atoms with Gasteiger partial charge >= 0.3 is 0 Å². The summed E-state index contributed by atoms with van der Waals surface area (Å²) >= 11 is 5.98. The summed E-state index contributed by atoms with van der Waals surface area (Å²) in [7, 11) is 0. The molecule has 0 amide bonds. The number of anilines is 1. The zero-order chi connectivity index (χ0) is 10.7. The van der Waals surface area contributed by atoms with E-state index in [0.29, 0.717) is 10.6 Å². The number of hydrogen-bond donors (Lipinski definition) is 0. The van der Waals surface area contributed by atoms with Gasteiger partial charge in [-0.15, -0.1) is 0 Å². The highest BCUT2D eigenvalue weighted by atomic mass is 35.5. The Hall–Kier alpha value is -1.46. The van der Waals surface area contributed by atoms with Crippen LogP contribution in [0.5, 0.6) is 0 Å². The van der Waals surface area contributed by atoms with Crippen LogP contribution in [0.1, 0.15) is 12.0 Å². The van der Waals surface area contributed by atoms with Gasteiger partial charge in [-0.3, -0.25) is 0 Å². The minimum absolute atomic E-state index is 0.532. The van der Waals surface area contributed by atoms with Crippen LogP contribution in [0.25, 0.3) is 0 Å². The van der Waals surface area contributed by atoms with Gasteiger partial charge in [0.1, 0.15) is 6.07 Å². The van der Waals surface area contributed by atoms with Crippen LogP contribution >= 0.6 is 11.6 Å². The molecule has 0 aromatic heterocycles. The average Bonchev–Trinajstić information content (AvgIpc) is 2.30. The molecular weight excluding hydrogens is 208 g/mol. The van der Waals surface area contributed by atoms with E-state index in [2.05, 4.69) is 23.1 Å². The van der Waals surface area contributed by atoms with Crippen molar-refractivity contribution in [3.63, 3.8) is 0 Å². The van der Waals surface area contributed by atoms with Crippen molar-refractivity contribution >= 4 is 17.3 Å². The largest absolute Gasteiger partial charge is 0.366 e. The smallest absolute Gasteiger partial charge is 0.103 e. The van der Waals surface area contributed by atoms with Crippen LogP contribution in [-0.4, -0.2) is 13.1 Å². The third-order valence-electron chi connectivity index (χ3n) is 2.50. The molecule has 3 heteroatoms. The SMILES string of the molecule is N#Cc1c(Cl)cccc1N1CC=CCC1. The van der Waals surface area contributed by atoms with Crippen molar-refractivity contribution in [2.45, 2.75) is 6.42 Å². The van der Waals surface area contributed by atoms with Gasteiger partial charge in [0.25, 0.3) is 0 Å². The van der Waals surface area contributed by atoms with Crippen LogP contribution in [0.3, 0.4) is 0 Å². The number of nitriles is 1. The summed E-state index contributed by atoms with van der Waals surface area (Å²) in [6.45, 7) is 1.81. The van der Waals surface area contributed by atoms with Crippen LogP contribution in [-0.2, 0) is 0 Å². The molecule has 0 saturated carbocycles. The lowest BCUT2D eigenvalue weighted by atomic mass is 10.1. The van der Waals surface area contributed by atoms with Gasteiger partial charge in [0.2, 0.25) is 0 Å². The van der Waals surface area contributed by atoms with Crippen molar-refractivity contribution in [2.75, 3.05) is 18.0 Å². The highest BCUT2D eigenvalue weighted by Gasteiger charge is 2.13. The molecule has 2 nitrogen and oxygen atoms in total. The maximum absolute atomic E-state index is 9.05.